The summed E-state index contributed by atoms with van der Waals surface area (Å²) in [4.78, 5) is 14.9. The molecule has 0 heterocycles. The van der Waals surface area contributed by atoms with Gasteiger partial charge in [-0.2, -0.15) is 0 Å². The SMILES string of the molecule is COc1ccccc1CN(CCc1ccc(Cl)cc1Cl)C(=O)Nc1ccccc1OC. The van der Waals surface area contributed by atoms with Gasteiger partial charge in [0.1, 0.15) is 11.5 Å². The number of rotatable bonds is 8. The van der Waals surface area contributed by atoms with E-state index in [1.807, 2.05) is 42.5 Å². The number of carbonyl (C=O) groups is 1. The molecule has 31 heavy (non-hydrogen) atoms. The minimum atomic E-state index is -0.250. The van der Waals surface area contributed by atoms with Crippen molar-refractivity contribution in [3.8, 4) is 11.5 Å². The second kappa shape index (κ2) is 10.9. The van der Waals surface area contributed by atoms with Crippen LogP contribution in [0, 0.1) is 0 Å². The van der Waals surface area contributed by atoms with E-state index in [1.165, 1.54) is 0 Å². The van der Waals surface area contributed by atoms with E-state index in [9.17, 15) is 4.79 Å². The van der Waals surface area contributed by atoms with Gasteiger partial charge in [0.15, 0.2) is 0 Å². The van der Waals surface area contributed by atoms with Gasteiger partial charge in [0.2, 0.25) is 0 Å². The number of ether oxygens (including phenoxy) is 2. The second-order valence-corrected chi connectivity index (χ2v) is 7.69. The van der Waals surface area contributed by atoms with Crippen LogP contribution in [-0.4, -0.2) is 31.7 Å². The van der Waals surface area contributed by atoms with Gasteiger partial charge < -0.3 is 19.7 Å². The third-order valence-corrected chi connectivity index (χ3v) is 5.44. The summed E-state index contributed by atoms with van der Waals surface area (Å²) in [6.07, 6.45) is 0.574. The smallest absolute Gasteiger partial charge is 0.322 e. The third kappa shape index (κ3) is 6.06. The van der Waals surface area contributed by atoms with Crippen LogP contribution in [-0.2, 0) is 13.0 Å². The van der Waals surface area contributed by atoms with Crippen LogP contribution in [0.5, 0.6) is 11.5 Å². The van der Waals surface area contributed by atoms with Crippen molar-refractivity contribution in [1.29, 1.82) is 0 Å². The molecule has 0 saturated carbocycles. The lowest BCUT2D eigenvalue weighted by atomic mass is 10.1. The van der Waals surface area contributed by atoms with Crippen molar-refractivity contribution in [3.63, 3.8) is 0 Å². The molecule has 1 N–H and O–H groups in total. The van der Waals surface area contributed by atoms with Crippen LogP contribution < -0.4 is 14.8 Å². The molecule has 0 radical (unpaired) electrons. The Morgan fingerprint density at radius 2 is 1.58 bits per heavy atom. The Balaban J connectivity index is 1.82. The van der Waals surface area contributed by atoms with Crippen LogP contribution in [0.15, 0.2) is 66.7 Å². The van der Waals surface area contributed by atoms with Gasteiger partial charge in [-0.3, -0.25) is 0 Å². The van der Waals surface area contributed by atoms with Crippen molar-refractivity contribution in [1.82, 2.24) is 4.90 Å². The van der Waals surface area contributed by atoms with Crippen molar-refractivity contribution in [2.45, 2.75) is 13.0 Å². The van der Waals surface area contributed by atoms with Gasteiger partial charge in [-0.05, 0) is 42.3 Å². The summed E-state index contributed by atoms with van der Waals surface area (Å²) in [6.45, 7) is 0.816. The summed E-state index contributed by atoms with van der Waals surface area (Å²) < 4.78 is 10.8. The Labute approximate surface area is 192 Å². The monoisotopic (exact) mass is 458 g/mol. The molecule has 3 rings (SSSR count). The minimum Gasteiger partial charge on any atom is -0.496 e. The van der Waals surface area contributed by atoms with Crippen LogP contribution in [0.2, 0.25) is 10.0 Å². The quantitative estimate of drug-likeness (QED) is 0.431. The number of hydrogen-bond donors (Lipinski definition) is 1. The minimum absolute atomic E-state index is 0.250. The van der Waals surface area contributed by atoms with Gasteiger partial charge in [0.25, 0.3) is 0 Å². The highest BCUT2D eigenvalue weighted by Crippen LogP contribution is 2.26. The lowest BCUT2D eigenvalue weighted by Crippen LogP contribution is -2.36. The number of benzene rings is 3. The highest BCUT2D eigenvalue weighted by atomic mass is 35.5. The fourth-order valence-corrected chi connectivity index (χ4v) is 3.72. The topological polar surface area (TPSA) is 50.8 Å². The molecular formula is C24H24Cl2N2O3. The first-order valence-corrected chi connectivity index (χ1v) is 10.5. The Bertz CT molecular complexity index is 1040. The number of halogens is 2. The van der Waals surface area contributed by atoms with Gasteiger partial charge in [-0.1, -0.05) is 59.6 Å². The summed E-state index contributed by atoms with van der Waals surface area (Å²) in [5, 5.41) is 4.10. The molecule has 0 fully saturated rings. The molecule has 0 atom stereocenters. The molecule has 0 bridgehead atoms. The highest BCUT2D eigenvalue weighted by molar-refractivity contribution is 6.35. The van der Waals surface area contributed by atoms with Gasteiger partial charge >= 0.3 is 6.03 Å². The first-order valence-electron chi connectivity index (χ1n) is 9.76. The molecule has 0 aliphatic carbocycles. The van der Waals surface area contributed by atoms with Crippen LogP contribution in [0.4, 0.5) is 10.5 Å². The first kappa shape index (κ1) is 22.8. The third-order valence-electron chi connectivity index (χ3n) is 4.86. The molecule has 0 spiro atoms. The van der Waals surface area contributed by atoms with Gasteiger partial charge in [0.05, 0.1) is 26.5 Å². The zero-order valence-corrected chi connectivity index (χ0v) is 18.9. The van der Waals surface area contributed by atoms with Crippen LogP contribution >= 0.6 is 23.2 Å². The van der Waals surface area contributed by atoms with E-state index in [4.69, 9.17) is 32.7 Å². The summed E-state index contributed by atoms with van der Waals surface area (Å²) in [5.74, 6) is 1.32. The van der Waals surface area contributed by atoms with E-state index in [1.54, 1.807) is 43.4 Å². The average Bonchev–Trinajstić information content (AvgIpc) is 2.78. The molecule has 7 heteroatoms. The molecule has 162 valence electrons. The number of amides is 2. The maximum absolute atomic E-state index is 13.2. The number of para-hydroxylation sites is 3. The van der Waals surface area contributed by atoms with Crippen molar-refractivity contribution >= 4 is 34.9 Å². The molecule has 0 unspecified atom stereocenters. The second-order valence-electron chi connectivity index (χ2n) is 6.85. The molecule has 0 aromatic heterocycles. The van der Waals surface area contributed by atoms with E-state index >= 15 is 0 Å². The zero-order chi connectivity index (χ0) is 22.2. The number of hydrogen-bond acceptors (Lipinski definition) is 3. The summed E-state index contributed by atoms with van der Waals surface area (Å²) in [6, 6.07) is 20.1. The van der Waals surface area contributed by atoms with E-state index in [0.29, 0.717) is 41.0 Å². The molecule has 3 aromatic rings. The van der Waals surface area contributed by atoms with E-state index in [-0.39, 0.29) is 6.03 Å². The molecule has 5 nitrogen and oxygen atoms in total. The van der Waals surface area contributed by atoms with Crippen molar-refractivity contribution < 1.29 is 14.3 Å². The van der Waals surface area contributed by atoms with E-state index in [2.05, 4.69) is 5.32 Å². The number of nitrogens with one attached hydrogen (secondary N) is 1. The highest BCUT2D eigenvalue weighted by Gasteiger charge is 2.18. The van der Waals surface area contributed by atoms with E-state index in [0.717, 1.165) is 16.9 Å². The summed E-state index contributed by atoms with van der Waals surface area (Å²) in [5.41, 5.74) is 2.42. The lowest BCUT2D eigenvalue weighted by Gasteiger charge is -2.25. The van der Waals surface area contributed by atoms with Crippen molar-refractivity contribution in [3.05, 3.63) is 87.9 Å². The molecular weight excluding hydrogens is 435 g/mol. The lowest BCUT2D eigenvalue weighted by molar-refractivity contribution is 0.209. The molecule has 0 saturated heterocycles. The predicted molar refractivity (Wildman–Crippen MR) is 126 cm³/mol. The number of nitrogens with zero attached hydrogens (tertiary/aromatic N) is 1. The number of methoxy groups -OCH3 is 2. The number of urea groups is 1. The average molecular weight is 459 g/mol. The predicted octanol–water partition coefficient (Wildman–Crippen LogP) is 6.29. The Kier molecular flexibility index (Phi) is 8.04. The van der Waals surface area contributed by atoms with Crippen LogP contribution in [0.3, 0.4) is 0 Å². The summed E-state index contributed by atoms with van der Waals surface area (Å²) in [7, 11) is 3.19. The van der Waals surface area contributed by atoms with E-state index < -0.39 is 0 Å². The van der Waals surface area contributed by atoms with Crippen LogP contribution in [0.25, 0.3) is 0 Å². The maximum atomic E-state index is 13.2. The Morgan fingerprint density at radius 3 is 2.29 bits per heavy atom. The molecule has 0 aliphatic rings. The molecule has 3 aromatic carbocycles. The van der Waals surface area contributed by atoms with Crippen molar-refractivity contribution in [2.24, 2.45) is 0 Å². The number of carbonyl (C=O) groups excluding carboxylic acids is 1. The number of anilines is 1. The van der Waals surface area contributed by atoms with Crippen molar-refractivity contribution in [2.75, 3.05) is 26.1 Å². The van der Waals surface area contributed by atoms with Gasteiger partial charge in [-0.25, -0.2) is 4.79 Å². The fraction of sp³-hybridized carbons (Fsp3) is 0.208. The fourth-order valence-electron chi connectivity index (χ4n) is 3.21. The summed E-state index contributed by atoms with van der Waals surface area (Å²) >= 11 is 12.3. The largest absolute Gasteiger partial charge is 0.496 e. The van der Waals surface area contributed by atoms with Gasteiger partial charge in [-0.15, -0.1) is 0 Å². The first-order chi connectivity index (χ1) is 15.0. The molecule has 2 amide bonds. The Hall–Kier alpha value is -2.89. The Morgan fingerprint density at radius 1 is 0.903 bits per heavy atom. The zero-order valence-electron chi connectivity index (χ0n) is 17.4. The normalized spacial score (nSPS) is 10.5. The molecule has 0 aliphatic heterocycles. The van der Waals surface area contributed by atoms with Gasteiger partial charge in [0, 0.05) is 22.2 Å². The van der Waals surface area contributed by atoms with Crippen LogP contribution in [0.1, 0.15) is 11.1 Å². The standard InChI is InChI=1S/C24H24Cl2N2O3/c1-30-22-9-5-3-7-18(22)16-28(14-13-17-11-12-19(25)15-20(17)26)24(29)27-21-8-4-6-10-23(21)31-2/h3-12,15H,13-14,16H2,1-2H3,(H,27,29). The maximum Gasteiger partial charge on any atom is 0.322 e.